The van der Waals surface area contributed by atoms with Gasteiger partial charge >= 0.3 is 0 Å². The Kier molecular flexibility index (Phi) is 4.87. The van der Waals surface area contributed by atoms with Crippen LogP contribution in [0, 0.1) is 13.8 Å². The molecule has 0 radical (unpaired) electrons. The summed E-state index contributed by atoms with van der Waals surface area (Å²) in [5.41, 5.74) is 2.91. The minimum Gasteiger partial charge on any atom is -0.496 e. The van der Waals surface area contributed by atoms with E-state index in [0.29, 0.717) is 6.42 Å². The Balaban J connectivity index is 2.98. The van der Waals surface area contributed by atoms with Crippen LogP contribution in [0.1, 0.15) is 27.9 Å². The molecule has 0 bridgehead atoms. The van der Waals surface area contributed by atoms with Gasteiger partial charge in [0.15, 0.2) is 5.78 Å². The molecule has 0 heterocycles. The number of hydrogen-bond donors (Lipinski definition) is 0. The minimum atomic E-state index is 0.220. The Bertz CT molecular complexity index is 386. The first-order valence-corrected chi connectivity index (χ1v) is 6.67. The molecule has 16 heavy (non-hydrogen) atoms. The second-order valence-electron chi connectivity index (χ2n) is 3.73. The van der Waals surface area contributed by atoms with Crippen molar-refractivity contribution in [1.29, 1.82) is 0 Å². The van der Waals surface area contributed by atoms with E-state index in [-0.39, 0.29) is 5.78 Å². The van der Waals surface area contributed by atoms with E-state index in [2.05, 4.69) is 0 Å². The summed E-state index contributed by atoms with van der Waals surface area (Å²) >= 11 is 1.70. The van der Waals surface area contributed by atoms with Crippen LogP contribution in [-0.2, 0) is 0 Å². The smallest absolute Gasteiger partial charge is 0.163 e. The highest BCUT2D eigenvalue weighted by atomic mass is 32.2. The Labute approximate surface area is 101 Å². The molecular formula is C13H18O2S. The van der Waals surface area contributed by atoms with Gasteiger partial charge in [-0.15, -0.1) is 0 Å². The van der Waals surface area contributed by atoms with Crippen LogP contribution in [0.2, 0.25) is 0 Å². The van der Waals surface area contributed by atoms with Gasteiger partial charge in [0.05, 0.1) is 7.11 Å². The van der Waals surface area contributed by atoms with Crippen LogP contribution >= 0.6 is 11.8 Å². The number of ether oxygens (including phenoxy) is 1. The summed E-state index contributed by atoms with van der Waals surface area (Å²) < 4.78 is 5.23. The maximum atomic E-state index is 11.9. The van der Waals surface area contributed by atoms with Crippen molar-refractivity contribution in [1.82, 2.24) is 0 Å². The summed E-state index contributed by atoms with van der Waals surface area (Å²) in [5, 5.41) is 0. The molecule has 0 unspecified atom stereocenters. The Hall–Kier alpha value is -0.960. The third kappa shape index (κ3) is 2.79. The van der Waals surface area contributed by atoms with Gasteiger partial charge in [0, 0.05) is 17.7 Å². The van der Waals surface area contributed by atoms with Crippen molar-refractivity contribution in [2.45, 2.75) is 20.3 Å². The highest BCUT2D eigenvalue weighted by Gasteiger charge is 2.12. The summed E-state index contributed by atoms with van der Waals surface area (Å²) in [6, 6.07) is 3.73. The maximum Gasteiger partial charge on any atom is 0.163 e. The van der Waals surface area contributed by atoms with Crippen molar-refractivity contribution in [2.75, 3.05) is 19.1 Å². The van der Waals surface area contributed by atoms with Gasteiger partial charge in [-0.3, -0.25) is 4.79 Å². The Morgan fingerprint density at radius 3 is 2.56 bits per heavy atom. The van der Waals surface area contributed by atoms with Gasteiger partial charge in [-0.2, -0.15) is 11.8 Å². The van der Waals surface area contributed by atoms with Crippen LogP contribution in [0.25, 0.3) is 0 Å². The van der Waals surface area contributed by atoms with Crippen molar-refractivity contribution in [3.63, 3.8) is 0 Å². The number of thioether (sulfide) groups is 1. The van der Waals surface area contributed by atoms with E-state index in [1.807, 2.05) is 32.2 Å². The van der Waals surface area contributed by atoms with Gasteiger partial charge in [-0.1, -0.05) is 0 Å². The molecule has 0 N–H and O–H groups in total. The van der Waals surface area contributed by atoms with Crippen LogP contribution in [0.3, 0.4) is 0 Å². The molecule has 0 atom stereocenters. The number of rotatable bonds is 5. The van der Waals surface area contributed by atoms with E-state index in [4.69, 9.17) is 4.74 Å². The lowest BCUT2D eigenvalue weighted by Gasteiger charge is -2.11. The predicted molar refractivity (Wildman–Crippen MR) is 69.8 cm³/mol. The summed E-state index contributed by atoms with van der Waals surface area (Å²) in [7, 11) is 1.65. The molecule has 0 aromatic heterocycles. The van der Waals surface area contributed by atoms with Gasteiger partial charge < -0.3 is 4.74 Å². The van der Waals surface area contributed by atoms with E-state index in [0.717, 1.165) is 28.2 Å². The molecule has 0 amide bonds. The average molecular weight is 238 g/mol. The molecule has 0 saturated carbocycles. The molecule has 3 heteroatoms. The van der Waals surface area contributed by atoms with Gasteiger partial charge in [0.1, 0.15) is 5.75 Å². The van der Waals surface area contributed by atoms with E-state index in [9.17, 15) is 4.79 Å². The van der Waals surface area contributed by atoms with E-state index in [1.54, 1.807) is 18.9 Å². The zero-order chi connectivity index (χ0) is 12.1. The molecule has 1 aromatic rings. The molecule has 0 aliphatic rings. The highest BCUT2D eigenvalue weighted by molar-refractivity contribution is 7.98. The number of benzene rings is 1. The lowest BCUT2D eigenvalue weighted by atomic mass is 9.98. The first-order valence-electron chi connectivity index (χ1n) is 5.28. The fourth-order valence-corrected chi connectivity index (χ4v) is 2.04. The largest absolute Gasteiger partial charge is 0.496 e. The summed E-state index contributed by atoms with van der Waals surface area (Å²) in [5.74, 6) is 1.94. The molecule has 0 fully saturated rings. The average Bonchev–Trinajstić information content (AvgIpc) is 2.29. The van der Waals surface area contributed by atoms with Crippen LogP contribution in [0.15, 0.2) is 12.1 Å². The molecule has 2 nitrogen and oxygen atoms in total. The summed E-state index contributed by atoms with van der Waals surface area (Å²) in [6.45, 7) is 3.96. The zero-order valence-corrected chi connectivity index (χ0v) is 11.1. The number of methoxy groups -OCH3 is 1. The van der Waals surface area contributed by atoms with E-state index >= 15 is 0 Å². The molecule has 1 rings (SSSR count). The van der Waals surface area contributed by atoms with Crippen LogP contribution in [0.5, 0.6) is 5.75 Å². The van der Waals surface area contributed by atoms with Crippen LogP contribution in [-0.4, -0.2) is 24.9 Å². The van der Waals surface area contributed by atoms with Crippen LogP contribution < -0.4 is 4.74 Å². The number of hydrogen-bond acceptors (Lipinski definition) is 3. The molecule has 1 aromatic carbocycles. The topological polar surface area (TPSA) is 26.3 Å². The quantitative estimate of drug-likeness (QED) is 0.737. The van der Waals surface area contributed by atoms with Crippen molar-refractivity contribution in [3.05, 3.63) is 28.8 Å². The first kappa shape index (κ1) is 13.1. The maximum absolute atomic E-state index is 11.9. The SMILES string of the molecule is COc1ccc(C(=O)CCSC)c(C)c1C. The fourth-order valence-electron chi connectivity index (χ4n) is 1.65. The van der Waals surface area contributed by atoms with Crippen molar-refractivity contribution >= 4 is 17.5 Å². The lowest BCUT2D eigenvalue weighted by molar-refractivity contribution is 0.0989. The third-order valence-corrected chi connectivity index (χ3v) is 3.40. The third-order valence-electron chi connectivity index (χ3n) is 2.79. The molecule has 88 valence electrons. The van der Waals surface area contributed by atoms with Gasteiger partial charge in [0.25, 0.3) is 0 Å². The monoisotopic (exact) mass is 238 g/mol. The van der Waals surface area contributed by atoms with E-state index < -0.39 is 0 Å². The van der Waals surface area contributed by atoms with E-state index in [1.165, 1.54) is 0 Å². The molecule has 0 saturated heterocycles. The Morgan fingerprint density at radius 2 is 2.00 bits per heavy atom. The fraction of sp³-hybridized carbons (Fsp3) is 0.462. The van der Waals surface area contributed by atoms with Crippen molar-refractivity contribution in [3.8, 4) is 5.75 Å². The highest BCUT2D eigenvalue weighted by Crippen LogP contribution is 2.24. The Morgan fingerprint density at radius 1 is 1.31 bits per heavy atom. The summed E-state index contributed by atoms with van der Waals surface area (Å²) in [4.78, 5) is 11.9. The normalized spacial score (nSPS) is 10.2. The van der Waals surface area contributed by atoms with Gasteiger partial charge in [-0.05, 0) is 43.4 Å². The van der Waals surface area contributed by atoms with Crippen molar-refractivity contribution in [2.24, 2.45) is 0 Å². The molecule has 0 spiro atoms. The van der Waals surface area contributed by atoms with Gasteiger partial charge in [-0.25, -0.2) is 0 Å². The standard InChI is InChI=1S/C13H18O2S/c1-9-10(2)13(15-3)6-5-11(9)12(14)7-8-16-4/h5-6H,7-8H2,1-4H3. The second kappa shape index (κ2) is 5.94. The second-order valence-corrected chi connectivity index (χ2v) is 4.72. The first-order chi connectivity index (χ1) is 7.61. The molecule has 0 aliphatic carbocycles. The summed E-state index contributed by atoms with van der Waals surface area (Å²) in [6.07, 6.45) is 2.62. The number of ketones is 1. The molecule has 0 aliphatic heterocycles. The number of Topliss-reactive ketones (excluding diaryl/α,β-unsaturated/α-hetero) is 1. The minimum absolute atomic E-state index is 0.220. The van der Waals surface area contributed by atoms with Gasteiger partial charge in [0.2, 0.25) is 0 Å². The number of carbonyl (C=O) groups is 1. The van der Waals surface area contributed by atoms with Crippen LogP contribution in [0.4, 0.5) is 0 Å². The van der Waals surface area contributed by atoms with Crippen molar-refractivity contribution < 1.29 is 9.53 Å². The molecular weight excluding hydrogens is 220 g/mol. The number of carbonyl (C=O) groups excluding carboxylic acids is 1. The predicted octanol–water partition coefficient (Wildman–Crippen LogP) is 3.25. The lowest BCUT2D eigenvalue weighted by Crippen LogP contribution is -2.05. The zero-order valence-electron chi connectivity index (χ0n) is 10.3.